The quantitative estimate of drug-likeness (QED) is 0.692. The van der Waals surface area contributed by atoms with Gasteiger partial charge < -0.3 is 10.6 Å². The van der Waals surface area contributed by atoms with E-state index in [2.05, 4.69) is 10.6 Å². The Kier molecular flexibility index (Phi) is 7.04. The molecule has 7 heteroatoms. The van der Waals surface area contributed by atoms with Gasteiger partial charge in [-0.05, 0) is 23.0 Å². The van der Waals surface area contributed by atoms with Gasteiger partial charge in [0.15, 0.2) is 9.84 Å². The predicted octanol–water partition coefficient (Wildman–Crippen LogP) is 2.06. The number of nitrogens with one attached hydrogen (secondary N) is 2. The van der Waals surface area contributed by atoms with Crippen molar-refractivity contribution in [2.24, 2.45) is 11.8 Å². The van der Waals surface area contributed by atoms with Gasteiger partial charge in [-0.25, -0.2) is 8.42 Å². The van der Waals surface area contributed by atoms with Crippen LogP contribution in [0.2, 0.25) is 0 Å². The number of hydrogen-bond acceptors (Lipinski definition) is 4. The second-order valence-electron chi connectivity index (χ2n) is 7.53. The molecule has 0 saturated carbocycles. The molecular formula is C22H26N2O4S. The average Bonchev–Trinajstić information content (AvgIpc) is 2.99. The Morgan fingerprint density at radius 1 is 0.724 bits per heavy atom. The van der Waals surface area contributed by atoms with Gasteiger partial charge in [-0.15, -0.1) is 0 Å². The van der Waals surface area contributed by atoms with E-state index >= 15 is 0 Å². The molecule has 6 nitrogen and oxygen atoms in total. The molecule has 0 aliphatic carbocycles. The van der Waals surface area contributed by atoms with Crippen molar-refractivity contribution in [1.82, 2.24) is 10.6 Å². The van der Waals surface area contributed by atoms with Gasteiger partial charge in [-0.3, -0.25) is 9.59 Å². The third kappa shape index (κ3) is 6.71. The highest BCUT2D eigenvalue weighted by Crippen LogP contribution is 2.30. The molecule has 1 saturated heterocycles. The fraction of sp³-hybridized carbons (Fsp3) is 0.364. The molecule has 2 aromatic rings. The molecule has 0 unspecified atom stereocenters. The molecule has 1 fully saturated rings. The van der Waals surface area contributed by atoms with E-state index < -0.39 is 9.84 Å². The van der Waals surface area contributed by atoms with E-state index in [-0.39, 0.29) is 48.0 Å². The first-order chi connectivity index (χ1) is 13.9. The summed E-state index contributed by atoms with van der Waals surface area (Å²) >= 11 is 0. The fourth-order valence-corrected chi connectivity index (χ4v) is 5.88. The van der Waals surface area contributed by atoms with Crippen LogP contribution in [0, 0.1) is 11.8 Å². The van der Waals surface area contributed by atoms with Crippen LogP contribution in [-0.4, -0.2) is 31.7 Å². The lowest BCUT2D eigenvalue weighted by atomic mass is 9.89. The van der Waals surface area contributed by atoms with Crippen molar-refractivity contribution in [2.75, 3.05) is 11.5 Å². The zero-order valence-electron chi connectivity index (χ0n) is 16.2. The Hall–Kier alpha value is -2.67. The maximum absolute atomic E-state index is 12.3. The summed E-state index contributed by atoms with van der Waals surface area (Å²) in [6, 6.07) is 19.1. The summed E-state index contributed by atoms with van der Waals surface area (Å²) in [5.74, 6) is -1.13. The highest BCUT2D eigenvalue weighted by atomic mass is 32.2. The fourth-order valence-electron chi connectivity index (χ4n) is 3.66. The van der Waals surface area contributed by atoms with Crippen molar-refractivity contribution in [3.8, 4) is 0 Å². The Morgan fingerprint density at radius 2 is 1.10 bits per heavy atom. The van der Waals surface area contributed by atoms with Crippen LogP contribution in [0.3, 0.4) is 0 Å². The second-order valence-corrected chi connectivity index (χ2v) is 9.68. The van der Waals surface area contributed by atoms with Gasteiger partial charge in [-0.1, -0.05) is 60.7 Å². The minimum Gasteiger partial charge on any atom is -0.352 e. The molecule has 0 aromatic heterocycles. The number of amides is 2. The number of benzene rings is 2. The third-order valence-electron chi connectivity index (χ3n) is 5.16. The zero-order chi connectivity index (χ0) is 20.7. The number of hydrogen-bond donors (Lipinski definition) is 2. The SMILES string of the molecule is O=C(C[C@H]1CS(=O)(=O)C[C@@H]1CC(=O)NCc1ccccc1)NCc1ccccc1. The van der Waals surface area contributed by atoms with Crippen molar-refractivity contribution < 1.29 is 18.0 Å². The monoisotopic (exact) mass is 414 g/mol. The van der Waals surface area contributed by atoms with Gasteiger partial charge in [0.05, 0.1) is 11.5 Å². The Morgan fingerprint density at radius 3 is 1.48 bits per heavy atom. The summed E-state index contributed by atoms with van der Waals surface area (Å²) in [5.41, 5.74) is 1.97. The normalized spacial score (nSPS) is 20.1. The van der Waals surface area contributed by atoms with Crippen molar-refractivity contribution in [3.63, 3.8) is 0 Å². The number of carbonyl (C=O) groups is 2. The summed E-state index contributed by atoms with van der Waals surface area (Å²) in [6.07, 6.45) is 0.228. The van der Waals surface area contributed by atoms with E-state index in [1.165, 1.54) is 0 Å². The van der Waals surface area contributed by atoms with Crippen LogP contribution in [0.4, 0.5) is 0 Å². The largest absolute Gasteiger partial charge is 0.352 e. The standard InChI is InChI=1S/C22H26N2O4S/c25-21(23-13-17-7-3-1-4-8-17)11-19-15-29(27,28)16-20(19)12-22(26)24-14-18-9-5-2-6-10-18/h1-10,19-20H,11-16H2,(H,23,25)(H,24,26)/t19-,20-/m0/s1. The number of carbonyl (C=O) groups excluding carboxylic acids is 2. The molecule has 2 atom stereocenters. The van der Waals surface area contributed by atoms with E-state index in [1.807, 2.05) is 60.7 Å². The van der Waals surface area contributed by atoms with E-state index in [9.17, 15) is 18.0 Å². The minimum atomic E-state index is -3.23. The lowest BCUT2D eigenvalue weighted by Crippen LogP contribution is -2.30. The first-order valence-corrected chi connectivity index (χ1v) is 11.5. The summed E-state index contributed by atoms with van der Waals surface area (Å²) in [4.78, 5) is 24.6. The van der Waals surface area contributed by atoms with E-state index in [0.29, 0.717) is 13.1 Å². The van der Waals surface area contributed by atoms with Crippen LogP contribution in [0.15, 0.2) is 60.7 Å². The van der Waals surface area contributed by atoms with Gasteiger partial charge >= 0.3 is 0 Å². The van der Waals surface area contributed by atoms with Crippen LogP contribution < -0.4 is 10.6 Å². The van der Waals surface area contributed by atoms with Crippen LogP contribution in [0.25, 0.3) is 0 Å². The maximum Gasteiger partial charge on any atom is 0.220 e. The lowest BCUT2D eigenvalue weighted by molar-refractivity contribution is -0.124. The van der Waals surface area contributed by atoms with Crippen molar-refractivity contribution >= 4 is 21.7 Å². The number of sulfone groups is 1. The summed E-state index contributed by atoms with van der Waals surface area (Å²) in [7, 11) is -3.23. The van der Waals surface area contributed by atoms with E-state index in [1.54, 1.807) is 0 Å². The second kappa shape index (κ2) is 9.69. The molecule has 0 bridgehead atoms. The summed E-state index contributed by atoms with van der Waals surface area (Å²) in [5, 5.41) is 5.68. The Bertz CT molecular complexity index is 858. The molecule has 3 rings (SSSR count). The molecule has 2 N–H and O–H groups in total. The molecular weight excluding hydrogens is 388 g/mol. The smallest absolute Gasteiger partial charge is 0.220 e. The molecule has 1 aliphatic rings. The Balaban J connectivity index is 1.51. The van der Waals surface area contributed by atoms with Gasteiger partial charge in [0.1, 0.15) is 0 Å². The summed E-state index contributed by atoms with van der Waals surface area (Å²) < 4.78 is 24.2. The van der Waals surface area contributed by atoms with E-state index in [0.717, 1.165) is 11.1 Å². The van der Waals surface area contributed by atoms with Gasteiger partial charge in [0, 0.05) is 25.9 Å². The van der Waals surface area contributed by atoms with Gasteiger partial charge in [-0.2, -0.15) is 0 Å². The molecule has 1 aliphatic heterocycles. The first kappa shape index (κ1) is 21.0. The summed E-state index contributed by atoms with van der Waals surface area (Å²) in [6.45, 7) is 0.808. The van der Waals surface area contributed by atoms with Crippen molar-refractivity contribution in [1.29, 1.82) is 0 Å². The van der Waals surface area contributed by atoms with Crippen molar-refractivity contribution in [2.45, 2.75) is 25.9 Å². The Labute approximate surface area is 171 Å². The average molecular weight is 415 g/mol. The van der Waals surface area contributed by atoms with Crippen LogP contribution in [0.1, 0.15) is 24.0 Å². The molecule has 2 aromatic carbocycles. The first-order valence-electron chi connectivity index (χ1n) is 9.73. The zero-order valence-corrected chi connectivity index (χ0v) is 17.0. The molecule has 0 radical (unpaired) electrons. The lowest BCUT2D eigenvalue weighted by Gasteiger charge is -2.17. The third-order valence-corrected chi connectivity index (χ3v) is 7.03. The van der Waals surface area contributed by atoms with Crippen LogP contribution >= 0.6 is 0 Å². The predicted molar refractivity (Wildman–Crippen MR) is 111 cm³/mol. The molecule has 2 amide bonds. The van der Waals surface area contributed by atoms with Gasteiger partial charge in [0.2, 0.25) is 11.8 Å². The van der Waals surface area contributed by atoms with Crippen molar-refractivity contribution in [3.05, 3.63) is 71.8 Å². The van der Waals surface area contributed by atoms with Crippen LogP contribution in [0.5, 0.6) is 0 Å². The molecule has 1 heterocycles. The molecule has 154 valence electrons. The van der Waals surface area contributed by atoms with Gasteiger partial charge in [0.25, 0.3) is 0 Å². The highest BCUT2D eigenvalue weighted by Gasteiger charge is 2.39. The van der Waals surface area contributed by atoms with Crippen LogP contribution in [-0.2, 0) is 32.5 Å². The maximum atomic E-state index is 12.3. The minimum absolute atomic E-state index is 0.0393. The molecule has 0 spiro atoms. The molecule has 29 heavy (non-hydrogen) atoms. The topological polar surface area (TPSA) is 92.3 Å². The highest BCUT2D eigenvalue weighted by molar-refractivity contribution is 7.91. The van der Waals surface area contributed by atoms with E-state index in [4.69, 9.17) is 0 Å². The number of rotatable bonds is 8.